The first kappa shape index (κ1) is 17.3. The minimum atomic E-state index is -0.394. The van der Waals surface area contributed by atoms with Gasteiger partial charge in [0, 0.05) is 16.4 Å². The topological polar surface area (TPSA) is 65.8 Å². The van der Waals surface area contributed by atoms with E-state index in [4.69, 9.17) is 11.6 Å². The van der Waals surface area contributed by atoms with Crippen LogP contribution < -0.4 is 5.32 Å². The molecule has 6 heteroatoms. The van der Waals surface area contributed by atoms with Gasteiger partial charge in [-0.15, -0.1) is 0 Å². The molecule has 0 bridgehead atoms. The molecule has 0 spiro atoms. The number of aryl methyl sites for hydroxylation is 2. The molecule has 0 aliphatic carbocycles. The molecule has 2 rings (SSSR count). The second-order valence-corrected chi connectivity index (χ2v) is 6.90. The van der Waals surface area contributed by atoms with Gasteiger partial charge in [0.2, 0.25) is 5.91 Å². The van der Waals surface area contributed by atoms with Crippen LogP contribution in [0.3, 0.4) is 0 Å². The van der Waals surface area contributed by atoms with Gasteiger partial charge < -0.3 is 5.32 Å². The first-order valence-corrected chi connectivity index (χ1v) is 8.28. The summed E-state index contributed by atoms with van der Waals surface area (Å²) in [5.41, 5.74) is 2.85. The van der Waals surface area contributed by atoms with E-state index in [1.807, 2.05) is 19.9 Å². The summed E-state index contributed by atoms with van der Waals surface area (Å²) in [4.78, 5) is 16.7. The summed E-state index contributed by atoms with van der Waals surface area (Å²) < 4.78 is 0. The minimum absolute atomic E-state index is 0.165. The van der Waals surface area contributed by atoms with Gasteiger partial charge in [0.25, 0.3) is 0 Å². The molecule has 0 radical (unpaired) electrons. The van der Waals surface area contributed by atoms with Crippen molar-refractivity contribution in [1.82, 2.24) is 4.98 Å². The van der Waals surface area contributed by atoms with Crippen LogP contribution in [0.5, 0.6) is 0 Å². The lowest BCUT2D eigenvalue weighted by Gasteiger charge is -2.13. The number of nitrogens with one attached hydrogen (secondary N) is 1. The Morgan fingerprint density at radius 1 is 1.39 bits per heavy atom. The van der Waals surface area contributed by atoms with Crippen LogP contribution in [0.2, 0.25) is 5.02 Å². The number of halogens is 1. The van der Waals surface area contributed by atoms with E-state index in [2.05, 4.69) is 16.4 Å². The molecule has 0 saturated heterocycles. The molecule has 0 fully saturated rings. The number of benzene rings is 1. The van der Waals surface area contributed by atoms with E-state index in [9.17, 15) is 10.1 Å². The van der Waals surface area contributed by atoms with Gasteiger partial charge >= 0.3 is 0 Å². The Balaban J connectivity index is 2.14. The van der Waals surface area contributed by atoms with Crippen molar-refractivity contribution in [1.29, 1.82) is 5.26 Å². The van der Waals surface area contributed by atoms with Gasteiger partial charge in [0.1, 0.15) is 11.1 Å². The summed E-state index contributed by atoms with van der Waals surface area (Å²) >= 11 is 7.19. The Bertz CT molecular complexity index is 786. The summed E-state index contributed by atoms with van der Waals surface area (Å²) in [5, 5.41) is 12.9. The second kappa shape index (κ2) is 7.49. The highest BCUT2D eigenvalue weighted by Crippen LogP contribution is 2.28. The standard InChI is InChI=1S/C17H16ClN3OS/c1-10-7-11(2)20-17(15(10)9-19)23-12(3)16(22)21-14-6-4-5-13(18)8-14/h4-8,12H,1-3H3,(H,21,22). The summed E-state index contributed by atoms with van der Waals surface area (Å²) in [6.45, 7) is 5.52. The lowest BCUT2D eigenvalue weighted by atomic mass is 10.1. The smallest absolute Gasteiger partial charge is 0.237 e. The zero-order valence-electron chi connectivity index (χ0n) is 13.1. The van der Waals surface area contributed by atoms with E-state index >= 15 is 0 Å². The number of hydrogen-bond acceptors (Lipinski definition) is 4. The van der Waals surface area contributed by atoms with E-state index in [1.165, 1.54) is 11.8 Å². The van der Waals surface area contributed by atoms with Crippen LogP contribution in [0.25, 0.3) is 0 Å². The minimum Gasteiger partial charge on any atom is -0.325 e. The largest absolute Gasteiger partial charge is 0.325 e. The van der Waals surface area contributed by atoms with Crippen LogP contribution in [0.4, 0.5) is 5.69 Å². The van der Waals surface area contributed by atoms with Crippen LogP contribution in [0, 0.1) is 25.2 Å². The Morgan fingerprint density at radius 3 is 2.78 bits per heavy atom. The van der Waals surface area contributed by atoms with Crippen LogP contribution in [-0.2, 0) is 4.79 Å². The van der Waals surface area contributed by atoms with Gasteiger partial charge in [-0.1, -0.05) is 29.4 Å². The molecule has 118 valence electrons. The molecule has 1 heterocycles. The number of amides is 1. The molecule has 1 unspecified atom stereocenters. The molecule has 0 saturated carbocycles. The maximum Gasteiger partial charge on any atom is 0.237 e. The first-order valence-electron chi connectivity index (χ1n) is 7.02. The molecule has 1 aromatic heterocycles. The number of nitrogens with zero attached hydrogens (tertiary/aromatic N) is 2. The van der Waals surface area contributed by atoms with Crippen molar-refractivity contribution in [3.63, 3.8) is 0 Å². The van der Waals surface area contributed by atoms with Crippen LogP contribution in [0.1, 0.15) is 23.7 Å². The summed E-state index contributed by atoms with van der Waals surface area (Å²) in [7, 11) is 0. The van der Waals surface area contributed by atoms with Crippen molar-refractivity contribution in [2.75, 3.05) is 5.32 Å². The van der Waals surface area contributed by atoms with Crippen molar-refractivity contribution in [2.24, 2.45) is 0 Å². The van der Waals surface area contributed by atoms with E-state index in [1.54, 1.807) is 31.2 Å². The molecule has 2 aromatic rings. The number of anilines is 1. The van der Waals surface area contributed by atoms with Gasteiger partial charge in [-0.2, -0.15) is 5.26 Å². The Morgan fingerprint density at radius 2 is 2.13 bits per heavy atom. The van der Waals surface area contributed by atoms with Gasteiger partial charge in [-0.05, 0) is 50.6 Å². The highest BCUT2D eigenvalue weighted by atomic mass is 35.5. The third-order valence-electron chi connectivity index (χ3n) is 3.17. The molecule has 4 nitrogen and oxygen atoms in total. The number of nitriles is 1. The zero-order valence-corrected chi connectivity index (χ0v) is 14.6. The van der Waals surface area contributed by atoms with Crippen molar-refractivity contribution in [3.05, 3.63) is 52.2 Å². The predicted molar refractivity (Wildman–Crippen MR) is 93.8 cm³/mol. The monoisotopic (exact) mass is 345 g/mol. The van der Waals surface area contributed by atoms with Crippen molar-refractivity contribution in [2.45, 2.75) is 31.0 Å². The molecule has 0 aliphatic heterocycles. The van der Waals surface area contributed by atoms with Gasteiger partial charge in [-0.25, -0.2) is 4.98 Å². The molecule has 0 aliphatic rings. The molecular weight excluding hydrogens is 330 g/mol. The van der Waals surface area contributed by atoms with E-state index in [-0.39, 0.29) is 5.91 Å². The average molecular weight is 346 g/mol. The molecule has 1 N–H and O–H groups in total. The van der Waals surface area contributed by atoms with Crippen LogP contribution >= 0.6 is 23.4 Å². The number of pyridine rings is 1. The fourth-order valence-corrected chi connectivity index (χ4v) is 3.27. The maximum absolute atomic E-state index is 12.3. The molecule has 23 heavy (non-hydrogen) atoms. The zero-order chi connectivity index (χ0) is 17.0. The third-order valence-corrected chi connectivity index (χ3v) is 4.49. The second-order valence-electron chi connectivity index (χ2n) is 5.13. The maximum atomic E-state index is 12.3. The number of carbonyl (C=O) groups excluding carboxylic acids is 1. The highest BCUT2D eigenvalue weighted by molar-refractivity contribution is 8.00. The number of rotatable bonds is 4. The fourth-order valence-electron chi connectivity index (χ4n) is 2.05. The Hall–Kier alpha value is -2.03. The normalized spacial score (nSPS) is 11.6. The average Bonchev–Trinajstić information content (AvgIpc) is 2.46. The van der Waals surface area contributed by atoms with Gasteiger partial charge in [0.15, 0.2) is 0 Å². The number of thioether (sulfide) groups is 1. The first-order chi connectivity index (χ1) is 10.9. The quantitative estimate of drug-likeness (QED) is 0.837. The van der Waals surface area contributed by atoms with E-state index in [0.717, 1.165) is 11.3 Å². The number of aromatic nitrogens is 1. The van der Waals surface area contributed by atoms with Gasteiger partial charge in [-0.3, -0.25) is 4.79 Å². The number of hydrogen-bond donors (Lipinski definition) is 1. The van der Waals surface area contributed by atoms with Crippen LogP contribution in [-0.4, -0.2) is 16.1 Å². The SMILES string of the molecule is Cc1cc(C)c(C#N)c(SC(C)C(=O)Nc2cccc(Cl)c2)n1. The Labute approximate surface area is 144 Å². The van der Waals surface area contributed by atoms with E-state index < -0.39 is 5.25 Å². The lowest BCUT2D eigenvalue weighted by Crippen LogP contribution is -2.22. The van der Waals surface area contributed by atoms with Crippen molar-refractivity contribution < 1.29 is 4.79 Å². The summed E-state index contributed by atoms with van der Waals surface area (Å²) in [5.74, 6) is -0.165. The predicted octanol–water partition coefficient (Wildman–Crippen LogP) is 4.34. The molecule has 1 amide bonds. The number of carbonyl (C=O) groups is 1. The fraction of sp³-hybridized carbons (Fsp3) is 0.235. The Kier molecular flexibility index (Phi) is 5.64. The highest BCUT2D eigenvalue weighted by Gasteiger charge is 2.19. The van der Waals surface area contributed by atoms with Gasteiger partial charge in [0.05, 0.1) is 10.8 Å². The van der Waals surface area contributed by atoms with Crippen molar-refractivity contribution >= 4 is 35.0 Å². The van der Waals surface area contributed by atoms with Crippen LogP contribution in [0.15, 0.2) is 35.4 Å². The molecule has 1 aromatic carbocycles. The molecule has 1 atom stereocenters. The van der Waals surface area contributed by atoms with E-state index in [0.29, 0.717) is 21.3 Å². The summed E-state index contributed by atoms with van der Waals surface area (Å²) in [6.07, 6.45) is 0. The summed E-state index contributed by atoms with van der Waals surface area (Å²) in [6, 6.07) is 11.0. The lowest BCUT2D eigenvalue weighted by molar-refractivity contribution is -0.115. The third kappa shape index (κ3) is 4.47. The molecular formula is C17H16ClN3OS. The van der Waals surface area contributed by atoms with Crippen molar-refractivity contribution in [3.8, 4) is 6.07 Å².